The molecule has 0 aromatic carbocycles. The van der Waals surface area contributed by atoms with Crippen molar-refractivity contribution in [3.63, 3.8) is 0 Å². The molecule has 1 aliphatic carbocycles. The number of aliphatic hydroxyl groups is 1. The Morgan fingerprint density at radius 2 is 1.81 bits per heavy atom. The number of hydrogen-bond acceptors (Lipinski definition) is 8. The lowest BCUT2D eigenvalue weighted by Crippen LogP contribution is -2.35. The van der Waals surface area contributed by atoms with Crippen LogP contribution in [0.5, 0.6) is 0 Å². The van der Waals surface area contributed by atoms with Crippen LogP contribution in [0.4, 0.5) is 38.1 Å². The summed E-state index contributed by atoms with van der Waals surface area (Å²) < 4.78 is 97.8. The highest BCUT2D eigenvalue weighted by molar-refractivity contribution is 5.77. The second kappa shape index (κ2) is 12.0. The number of halogens is 6. The number of nitrogens with zero attached hydrogens (tertiary/aromatic N) is 2. The molecule has 0 amide bonds. The van der Waals surface area contributed by atoms with Crippen LogP contribution in [0.1, 0.15) is 64.0 Å². The summed E-state index contributed by atoms with van der Waals surface area (Å²) in [4.78, 5) is 8.53. The van der Waals surface area contributed by atoms with Crippen molar-refractivity contribution in [2.24, 2.45) is 5.92 Å². The molecule has 1 saturated carbocycles. The van der Waals surface area contributed by atoms with Crippen molar-refractivity contribution in [2.75, 3.05) is 23.8 Å². The number of aryl methyl sites for hydroxylation is 2. The predicted octanol–water partition coefficient (Wildman–Crippen LogP) is 6.64. The van der Waals surface area contributed by atoms with Crippen LogP contribution in [-0.4, -0.2) is 64.6 Å². The van der Waals surface area contributed by atoms with E-state index in [2.05, 4.69) is 20.6 Å². The molecular formula is C28H36F6N4O4. The zero-order chi connectivity index (χ0) is 31.0. The Morgan fingerprint density at radius 1 is 1.12 bits per heavy atom. The van der Waals surface area contributed by atoms with Crippen LogP contribution in [0, 0.1) is 12.8 Å². The largest absolute Gasteiger partial charge is 0.460 e. The summed E-state index contributed by atoms with van der Waals surface area (Å²) >= 11 is 0. The van der Waals surface area contributed by atoms with Gasteiger partial charge in [-0.15, -0.1) is 0 Å². The van der Waals surface area contributed by atoms with Crippen molar-refractivity contribution >= 4 is 17.8 Å². The van der Waals surface area contributed by atoms with Gasteiger partial charge in [0.05, 0.1) is 23.4 Å². The van der Waals surface area contributed by atoms with Gasteiger partial charge in [0.2, 0.25) is 5.95 Å². The lowest BCUT2D eigenvalue weighted by atomic mass is 10.1. The number of fused-ring (bicyclic) bond motifs is 1. The molecule has 4 rings (SSSR count). The molecule has 0 spiro atoms. The number of allylic oxidation sites excluding steroid dienone is 1. The molecule has 0 bridgehead atoms. The van der Waals surface area contributed by atoms with E-state index in [1.54, 1.807) is 20.8 Å². The Balaban J connectivity index is 1.80. The Bertz CT molecular complexity index is 1290. The van der Waals surface area contributed by atoms with E-state index in [4.69, 9.17) is 13.9 Å². The van der Waals surface area contributed by atoms with Gasteiger partial charge in [-0.1, -0.05) is 13.8 Å². The fourth-order valence-corrected chi connectivity index (χ4v) is 5.50. The summed E-state index contributed by atoms with van der Waals surface area (Å²) in [6, 6.07) is 1.01. The molecule has 3 N–H and O–H groups in total. The molecule has 3 heterocycles. The van der Waals surface area contributed by atoms with Crippen molar-refractivity contribution in [1.29, 1.82) is 0 Å². The highest BCUT2D eigenvalue weighted by Crippen LogP contribution is 2.44. The topological polar surface area (TPSA) is 102 Å². The number of rotatable bonds is 10. The van der Waals surface area contributed by atoms with E-state index in [9.17, 15) is 31.4 Å². The molecule has 2 aromatic heterocycles. The first-order valence-corrected chi connectivity index (χ1v) is 13.9. The van der Waals surface area contributed by atoms with Gasteiger partial charge in [0, 0.05) is 30.1 Å². The summed E-state index contributed by atoms with van der Waals surface area (Å²) in [5.74, 6) is -0.861. The molecule has 2 fully saturated rings. The first kappa shape index (κ1) is 32.1. The molecule has 8 nitrogen and oxygen atoms in total. The Kier molecular flexibility index (Phi) is 9.20. The van der Waals surface area contributed by atoms with Crippen LogP contribution in [0.2, 0.25) is 0 Å². The zero-order valence-corrected chi connectivity index (χ0v) is 24.0. The van der Waals surface area contributed by atoms with E-state index >= 15 is 0 Å². The Morgan fingerprint density at radius 3 is 2.40 bits per heavy atom. The third-order valence-electron chi connectivity index (χ3n) is 7.31. The number of nitrogens with one attached hydrogen (secondary N) is 2. The zero-order valence-electron chi connectivity index (χ0n) is 24.0. The maximum absolute atomic E-state index is 13.6. The Labute approximate surface area is 239 Å². The van der Waals surface area contributed by atoms with Gasteiger partial charge < -0.3 is 29.6 Å². The fourth-order valence-electron chi connectivity index (χ4n) is 5.50. The average Bonchev–Trinajstić information content (AvgIpc) is 3.51. The van der Waals surface area contributed by atoms with Crippen molar-refractivity contribution in [2.45, 2.75) is 96.7 Å². The monoisotopic (exact) mass is 606 g/mol. The van der Waals surface area contributed by atoms with E-state index in [0.717, 1.165) is 6.08 Å². The molecule has 0 radical (unpaired) electrons. The highest BCUT2D eigenvalue weighted by atomic mass is 19.4. The maximum Gasteiger partial charge on any atom is 0.412 e. The summed E-state index contributed by atoms with van der Waals surface area (Å²) in [5, 5.41) is 15.4. The van der Waals surface area contributed by atoms with Gasteiger partial charge in [-0.2, -0.15) is 31.3 Å². The standard InChI is InChI=1S/C28H36F6N4O4/c1-6-8-19-15(9-17(7-2)28(32,33)34)11-20(40-19)21-14(3)36-25(35-13-27(29,30)31)38-24(21)37-18-10-16(12-39)22-23(18)42-26(4,5)41-22/h9,11,16,18,22-23,39H,6-8,10,12-13H2,1-5H3,(H2,35,36,37,38). The van der Waals surface area contributed by atoms with Gasteiger partial charge in [0.25, 0.3) is 0 Å². The minimum Gasteiger partial charge on any atom is -0.460 e. The summed E-state index contributed by atoms with van der Waals surface area (Å²) in [6.45, 7) is 6.78. The number of furan rings is 1. The number of alkyl halides is 6. The van der Waals surface area contributed by atoms with Crippen LogP contribution in [0.25, 0.3) is 17.4 Å². The fraction of sp³-hybridized carbons (Fsp3) is 0.643. The van der Waals surface area contributed by atoms with Crippen LogP contribution in [0.15, 0.2) is 16.1 Å². The first-order valence-electron chi connectivity index (χ1n) is 13.9. The molecule has 4 atom stereocenters. The van der Waals surface area contributed by atoms with Crippen molar-refractivity contribution < 1.29 is 45.3 Å². The number of anilines is 2. The normalized spacial score (nSPS) is 24.2. The summed E-state index contributed by atoms with van der Waals surface area (Å²) in [5.41, 5.74) is 0.0597. The third kappa shape index (κ3) is 7.20. The molecule has 1 aliphatic heterocycles. The lowest BCUT2D eigenvalue weighted by molar-refractivity contribution is -0.158. The van der Waals surface area contributed by atoms with E-state index in [1.807, 2.05) is 6.92 Å². The lowest BCUT2D eigenvalue weighted by Gasteiger charge is -2.25. The first-order chi connectivity index (χ1) is 19.5. The summed E-state index contributed by atoms with van der Waals surface area (Å²) in [6.07, 6.45) is -7.79. The maximum atomic E-state index is 13.6. The van der Waals surface area contributed by atoms with Gasteiger partial charge in [0.15, 0.2) is 5.79 Å². The van der Waals surface area contributed by atoms with Crippen LogP contribution in [-0.2, 0) is 15.9 Å². The van der Waals surface area contributed by atoms with E-state index in [1.165, 1.54) is 13.0 Å². The number of ether oxygens (including phenoxy) is 2. The molecule has 2 aromatic rings. The van der Waals surface area contributed by atoms with Gasteiger partial charge in [-0.25, -0.2) is 4.98 Å². The second-order valence-corrected chi connectivity index (χ2v) is 11.1. The molecule has 2 aliphatic rings. The number of hydrogen-bond donors (Lipinski definition) is 3. The average molecular weight is 607 g/mol. The number of aromatic nitrogens is 2. The SMILES string of the molecule is CCCc1oc(-c2c(C)nc(NCC(F)(F)F)nc2NC2CC(CO)C3OC(C)(C)OC23)cc1C=C(CC)C(F)(F)F. The molecule has 4 unspecified atom stereocenters. The second-order valence-electron chi connectivity index (χ2n) is 11.1. The van der Waals surface area contributed by atoms with Gasteiger partial charge >= 0.3 is 12.4 Å². The molecular weight excluding hydrogens is 570 g/mol. The van der Waals surface area contributed by atoms with Crippen LogP contribution in [0.3, 0.4) is 0 Å². The number of aliphatic hydroxyl groups excluding tert-OH is 1. The van der Waals surface area contributed by atoms with Crippen molar-refractivity contribution in [3.05, 3.63) is 28.7 Å². The van der Waals surface area contributed by atoms with Crippen molar-refractivity contribution in [1.82, 2.24) is 9.97 Å². The van der Waals surface area contributed by atoms with Gasteiger partial charge in [-0.05, 0) is 52.2 Å². The molecule has 1 saturated heterocycles. The van der Waals surface area contributed by atoms with Crippen LogP contribution < -0.4 is 10.6 Å². The van der Waals surface area contributed by atoms with E-state index in [-0.39, 0.29) is 53.3 Å². The summed E-state index contributed by atoms with van der Waals surface area (Å²) in [7, 11) is 0. The molecule has 14 heteroatoms. The predicted molar refractivity (Wildman–Crippen MR) is 144 cm³/mol. The van der Waals surface area contributed by atoms with Crippen LogP contribution >= 0.6 is 0 Å². The third-order valence-corrected chi connectivity index (χ3v) is 7.31. The van der Waals surface area contributed by atoms with E-state index < -0.39 is 48.5 Å². The quantitative estimate of drug-likeness (QED) is 0.259. The van der Waals surface area contributed by atoms with Gasteiger partial charge in [0.1, 0.15) is 30.0 Å². The van der Waals surface area contributed by atoms with E-state index in [0.29, 0.717) is 25.0 Å². The smallest absolute Gasteiger partial charge is 0.412 e. The minimum absolute atomic E-state index is 0.113. The van der Waals surface area contributed by atoms with Gasteiger partial charge in [-0.3, -0.25) is 0 Å². The minimum atomic E-state index is -4.52. The highest BCUT2D eigenvalue weighted by Gasteiger charge is 2.54. The molecule has 42 heavy (non-hydrogen) atoms. The Hall–Kier alpha value is -2.84. The van der Waals surface area contributed by atoms with Crippen molar-refractivity contribution in [3.8, 4) is 11.3 Å². The molecule has 234 valence electrons.